The molecule has 0 unspecified atom stereocenters. The van der Waals surface area contributed by atoms with Gasteiger partial charge in [-0.05, 0) is 25.0 Å². The van der Waals surface area contributed by atoms with Crippen molar-refractivity contribution in [1.82, 2.24) is 0 Å². The van der Waals surface area contributed by atoms with E-state index in [-0.39, 0.29) is 11.7 Å². The number of aliphatic hydroxyl groups excluding tert-OH is 1. The van der Waals surface area contributed by atoms with E-state index in [2.05, 4.69) is 0 Å². The van der Waals surface area contributed by atoms with Crippen LogP contribution >= 0.6 is 0 Å². The Morgan fingerprint density at radius 2 is 2.36 bits per heavy atom. The zero-order chi connectivity index (χ0) is 9.97. The van der Waals surface area contributed by atoms with E-state index in [1.165, 1.54) is 6.26 Å². The minimum Gasteiger partial charge on any atom is -0.467 e. The van der Waals surface area contributed by atoms with Crippen molar-refractivity contribution in [3.8, 4) is 0 Å². The molecule has 0 amide bonds. The van der Waals surface area contributed by atoms with Crippen LogP contribution in [0.25, 0.3) is 0 Å². The van der Waals surface area contributed by atoms with Crippen molar-refractivity contribution in [1.29, 1.82) is 0 Å². The van der Waals surface area contributed by atoms with Crippen LogP contribution in [-0.2, 0) is 4.79 Å². The predicted octanol–water partition coefficient (Wildman–Crippen LogP) is 2.07. The Kier molecular flexibility index (Phi) is 2.68. The Morgan fingerprint density at radius 3 is 3.00 bits per heavy atom. The molecule has 0 radical (unpaired) electrons. The van der Waals surface area contributed by atoms with Crippen LogP contribution < -0.4 is 0 Å². The summed E-state index contributed by atoms with van der Waals surface area (Å²) in [6.45, 7) is 0. The van der Waals surface area contributed by atoms with Crippen molar-refractivity contribution in [3.63, 3.8) is 0 Å². The quantitative estimate of drug-likeness (QED) is 0.784. The molecular weight excluding hydrogens is 180 g/mol. The molecular formula is C11H14O3. The lowest BCUT2D eigenvalue weighted by atomic mass is 9.83. The summed E-state index contributed by atoms with van der Waals surface area (Å²) in [4.78, 5) is 11.5. The lowest BCUT2D eigenvalue weighted by Crippen LogP contribution is -2.25. The normalized spacial score (nSPS) is 24.9. The van der Waals surface area contributed by atoms with Crippen LogP contribution in [-0.4, -0.2) is 10.9 Å². The number of hydrogen-bond acceptors (Lipinski definition) is 3. The molecule has 76 valence electrons. The lowest BCUT2D eigenvalue weighted by molar-refractivity contribution is -0.129. The maximum atomic E-state index is 11.5. The molecule has 1 aliphatic rings. The summed E-state index contributed by atoms with van der Waals surface area (Å²) in [6.07, 6.45) is 4.13. The molecule has 2 rings (SSSR count). The van der Waals surface area contributed by atoms with Crippen molar-refractivity contribution in [2.24, 2.45) is 5.92 Å². The molecule has 0 spiro atoms. The summed E-state index contributed by atoms with van der Waals surface area (Å²) in [5.41, 5.74) is 0. The zero-order valence-electron chi connectivity index (χ0n) is 7.98. The highest BCUT2D eigenvalue weighted by molar-refractivity contribution is 5.82. The van der Waals surface area contributed by atoms with Gasteiger partial charge in [-0.25, -0.2) is 0 Å². The van der Waals surface area contributed by atoms with E-state index in [0.717, 1.165) is 19.3 Å². The van der Waals surface area contributed by atoms with Gasteiger partial charge >= 0.3 is 0 Å². The van der Waals surface area contributed by atoms with Crippen molar-refractivity contribution in [3.05, 3.63) is 24.2 Å². The van der Waals surface area contributed by atoms with E-state index >= 15 is 0 Å². The molecule has 1 aromatic rings. The number of furan rings is 1. The molecule has 0 aromatic carbocycles. The van der Waals surface area contributed by atoms with Crippen LogP contribution in [0, 0.1) is 5.92 Å². The van der Waals surface area contributed by atoms with Gasteiger partial charge in [0.15, 0.2) is 0 Å². The highest BCUT2D eigenvalue weighted by atomic mass is 16.4. The molecule has 1 aromatic heterocycles. The van der Waals surface area contributed by atoms with Gasteiger partial charge in [-0.2, -0.15) is 0 Å². The smallest absolute Gasteiger partial charge is 0.139 e. The highest BCUT2D eigenvalue weighted by Gasteiger charge is 2.31. The Morgan fingerprint density at radius 1 is 1.50 bits per heavy atom. The predicted molar refractivity (Wildman–Crippen MR) is 50.6 cm³/mol. The van der Waals surface area contributed by atoms with Crippen LogP contribution in [0.3, 0.4) is 0 Å². The Bertz CT molecular complexity index is 302. The molecule has 14 heavy (non-hydrogen) atoms. The fourth-order valence-corrected chi connectivity index (χ4v) is 2.00. The third-order valence-electron chi connectivity index (χ3n) is 2.82. The van der Waals surface area contributed by atoms with E-state index in [4.69, 9.17) is 4.42 Å². The zero-order valence-corrected chi connectivity index (χ0v) is 7.98. The average Bonchev–Trinajstić information content (AvgIpc) is 2.70. The second-order valence-electron chi connectivity index (χ2n) is 3.78. The standard InChI is InChI=1S/C11H14O3/c12-9-5-2-1-4-8(9)11(13)10-6-3-7-14-10/h3,6-8,11,13H,1-2,4-5H2/t8-,11-/m0/s1. The van der Waals surface area contributed by atoms with Crippen molar-refractivity contribution in [2.45, 2.75) is 31.8 Å². The Labute approximate surface area is 82.7 Å². The first-order chi connectivity index (χ1) is 6.79. The summed E-state index contributed by atoms with van der Waals surface area (Å²) < 4.78 is 5.09. The Balaban J connectivity index is 2.10. The number of carbonyl (C=O) groups is 1. The third kappa shape index (κ3) is 1.73. The number of Topliss-reactive ketones (excluding diaryl/α,β-unsaturated/α-hetero) is 1. The minimum atomic E-state index is -0.752. The average molecular weight is 194 g/mol. The Hall–Kier alpha value is -1.09. The molecule has 2 atom stereocenters. The van der Waals surface area contributed by atoms with Crippen LogP contribution in [0.15, 0.2) is 22.8 Å². The largest absolute Gasteiger partial charge is 0.467 e. The second kappa shape index (κ2) is 3.96. The summed E-state index contributed by atoms with van der Waals surface area (Å²) in [7, 11) is 0. The lowest BCUT2D eigenvalue weighted by Gasteiger charge is -2.23. The first-order valence-corrected chi connectivity index (χ1v) is 5.03. The van der Waals surface area contributed by atoms with E-state index < -0.39 is 6.10 Å². The van der Waals surface area contributed by atoms with Crippen molar-refractivity contribution < 1.29 is 14.3 Å². The summed E-state index contributed by atoms with van der Waals surface area (Å²) >= 11 is 0. The fraction of sp³-hybridized carbons (Fsp3) is 0.545. The molecule has 1 N–H and O–H groups in total. The topological polar surface area (TPSA) is 50.4 Å². The molecule has 3 heteroatoms. The first kappa shape index (κ1) is 9.46. The van der Waals surface area contributed by atoms with Crippen LogP contribution in [0.2, 0.25) is 0 Å². The van der Waals surface area contributed by atoms with Gasteiger partial charge in [0, 0.05) is 6.42 Å². The fourth-order valence-electron chi connectivity index (χ4n) is 2.00. The van der Waals surface area contributed by atoms with E-state index in [1.807, 2.05) is 0 Å². The number of rotatable bonds is 2. The van der Waals surface area contributed by atoms with Crippen LogP contribution in [0.1, 0.15) is 37.5 Å². The van der Waals surface area contributed by atoms with Gasteiger partial charge in [-0.3, -0.25) is 4.79 Å². The SMILES string of the molecule is O=C1CCCC[C@@H]1[C@H](O)c1ccco1. The molecule has 0 bridgehead atoms. The number of carbonyl (C=O) groups excluding carboxylic acids is 1. The molecule has 3 nitrogen and oxygen atoms in total. The first-order valence-electron chi connectivity index (χ1n) is 5.03. The van der Waals surface area contributed by atoms with E-state index in [0.29, 0.717) is 12.2 Å². The summed E-state index contributed by atoms with van der Waals surface area (Å²) in [5, 5.41) is 9.89. The second-order valence-corrected chi connectivity index (χ2v) is 3.78. The van der Waals surface area contributed by atoms with Crippen LogP contribution in [0.5, 0.6) is 0 Å². The van der Waals surface area contributed by atoms with Gasteiger partial charge < -0.3 is 9.52 Å². The summed E-state index contributed by atoms with van der Waals surface area (Å²) in [5.74, 6) is 0.417. The van der Waals surface area contributed by atoms with Gasteiger partial charge in [0.05, 0.1) is 12.2 Å². The van der Waals surface area contributed by atoms with Crippen molar-refractivity contribution in [2.75, 3.05) is 0 Å². The van der Waals surface area contributed by atoms with Gasteiger partial charge in [0.25, 0.3) is 0 Å². The molecule has 0 saturated heterocycles. The van der Waals surface area contributed by atoms with Gasteiger partial charge in [-0.15, -0.1) is 0 Å². The summed E-state index contributed by atoms with van der Waals surface area (Å²) in [6, 6.07) is 3.44. The third-order valence-corrected chi connectivity index (χ3v) is 2.82. The monoisotopic (exact) mass is 194 g/mol. The van der Waals surface area contributed by atoms with E-state index in [1.54, 1.807) is 12.1 Å². The molecule has 1 aliphatic carbocycles. The number of ketones is 1. The van der Waals surface area contributed by atoms with Crippen molar-refractivity contribution >= 4 is 5.78 Å². The maximum absolute atomic E-state index is 11.5. The van der Waals surface area contributed by atoms with Crippen LogP contribution in [0.4, 0.5) is 0 Å². The highest BCUT2D eigenvalue weighted by Crippen LogP contribution is 2.32. The number of aliphatic hydroxyl groups is 1. The molecule has 0 aliphatic heterocycles. The molecule has 1 fully saturated rings. The maximum Gasteiger partial charge on any atom is 0.139 e. The molecule has 1 heterocycles. The van der Waals surface area contributed by atoms with Gasteiger partial charge in [-0.1, -0.05) is 6.42 Å². The van der Waals surface area contributed by atoms with E-state index in [9.17, 15) is 9.90 Å². The minimum absolute atomic E-state index is 0.167. The molecule has 1 saturated carbocycles. The number of hydrogen-bond donors (Lipinski definition) is 1. The van der Waals surface area contributed by atoms with Gasteiger partial charge in [0.1, 0.15) is 17.6 Å². The van der Waals surface area contributed by atoms with Gasteiger partial charge in [0.2, 0.25) is 0 Å².